The Bertz CT molecular complexity index is 535. The smallest absolute Gasteiger partial charge is 0.138 e. The lowest BCUT2D eigenvalue weighted by Crippen LogP contribution is -2.25. The van der Waals surface area contributed by atoms with E-state index in [1.165, 1.54) is 5.56 Å². The van der Waals surface area contributed by atoms with Gasteiger partial charge < -0.3 is 5.32 Å². The minimum atomic E-state index is 0.276. The molecule has 1 heterocycles. The SMILES string of the molecule is CCCNC(Cc1ncnn1CCC)c1ccc(Br)cc1. The molecule has 4 nitrogen and oxygen atoms in total. The number of benzene rings is 1. The van der Waals surface area contributed by atoms with Crippen molar-refractivity contribution in [2.75, 3.05) is 6.54 Å². The maximum atomic E-state index is 4.43. The fraction of sp³-hybridized carbons (Fsp3) is 0.500. The van der Waals surface area contributed by atoms with Crippen LogP contribution in [-0.2, 0) is 13.0 Å². The van der Waals surface area contributed by atoms with Gasteiger partial charge in [0.1, 0.15) is 12.2 Å². The van der Waals surface area contributed by atoms with E-state index in [1.54, 1.807) is 6.33 Å². The van der Waals surface area contributed by atoms with Crippen molar-refractivity contribution in [2.45, 2.75) is 45.7 Å². The molecule has 2 aromatic rings. The molecule has 0 aliphatic heterocycles. The molecular weight excluding hydrogens is 328 g/mol. The maximum absolute atomic E-state index is 4.43. The molecule has 21 heavy (non-hydrogen) atoms. The number of rotatable bonds is 8. The molecule has 1 aromatic carbocycles. The lowest BCUT2D eigenvalue weighted by molar-refractivity contribution is 0.488. The van der Waals surface area contributed by atoms with Crippen LogP contribution in [0.1, 0.15) is 44.1 Å². The number of hydrogen-bond acceptors (Lipinski definition) is 3. The van der Waals surface area contributed by atoms with E-state index >= 15 is 0 Å². The van der Waals surface area contributed by atoms with E-state index in [4.69, 9.17) is 0 Å². The van der Waals surface area contributed by atoms with Crippen LogP contribution in [0.2, 0.25) is 0 Å². The molecule has 1 unspecified atom stereocenters. The van der Waals surface area contributed by atoms with E-state index < -0.39 is 0 Å². The number of aromatic nitrogens is 3. The highest BCUT2D eigenvalue weighted by Gasteiger charge is 2.15. The zero-order valence-corrected chi connectivity index (χ0v) is 14.3. The number of halogens is 1. The second kappa shape index (κ2) is 8.29. The Kier molecular flexibility index (Phi) is 6.39. The van der Waals surface area contributed by atoms with Gasteiger partial charge in [0.2, 0.25) is 0 Å². The van der Waals surface area contributed by atoms with E-state index in [2.05, 4.69) is 69.4 Å². The van der Waals surface area contributed by atoms with E-state index in [-0.39, 0.29) is 6.04 Å². The van der Waals surface area contributed by atoms with Crippen LogP contribution in [0.5, 0.6) is 0 Å². The number of nitrogens with zero attached hydrogens (tertiary/aromatic N) is 3. The van der Waals surface area contributed by atoms with Gasteiger partial charge in [-0.05, 0) is 37.1 Å². The van der Waals surface area contributed by atoms with Gasteiger partial charge in [-0.1, -0.05) is 41.9 Å². The Morgan fingerprint density at radius 2 is 1.95 bits per heavy atom. The van der Waals surface area contributed by atoms with Gasteiger partial charge in [-0.3, -0.25) is 4.68 Å². The first-order valence-electron chi connectivity index (χ1n) is 7.60. The molecule has 0 amide bonds. The molecule has 0 spiro atoms. The summed E-state index contributed by atoms with van der Waals surface area (Å²) in [6.07, 6.45) is 4.71. The highest BCUT2D eigenvalue weighted by atomic mass is 79.9. The molecule has 0 bridgehead atoms. The van der Waals surface area contributed by atoms with Gasteiger partial charge in [-0.2, -0.15) is 5.10 Å². The monoisotopic (exact) mass is 350 g/mol. The van der Waals surface area contributed by atoms with Gasteiger partial charge in [0.25, 0.3) is 0 Å². The molecule has 0 fully saturated rings. The van der Waals surface area contributed by atoms with Gasteiger partial charge in [0.15, 0.2) is 0 Å². The van der Waals surface area contributed by atoms with E-state index in [0.717, 1.165) is 42.6 Å². The van der Waals surface area contributed by atoms with Crippen LogP contribution in [0.15, 0.2) is 35.1 Å². The van der Waals surface area contributed by atoms with Gasteiger partial charge in [-0.15, -0.1) is 0 Å². The summed E-state index contributed by atoms with van der Waals surface area (Å²) in [7, 11) is 0. The van der Waals surface area contributed by atoms with Crippen molar-refractivity contribution in [1.29, 1.82) is 0 Å². The Labute approximate surface area is 135 Å². The van der Waals surface area contributed by atoms with Gasteiger partial charge in [0.05, 0.1) is 0 Å². The van der Waals surface area contributed by atoms with Crippen LogP contribution in [0.3, 0.4) is 0 Å². The second-order valence-electron chi connectivity index (χ2n) is 5.16. The fourth-order valence-electron chi connectivity index (χ4n) is 2.35. The largest absolute Gasteiger partial charge is 0.310 e. The van der Waals surface area contributed by atoms with Crippen LogP contribution in [0, 0.1) is 0 Å². The highest BCUT2D eigenvalue weighted by molar-refractivity contribution is 9.10. The minimum Gasteiger partial charge on any atom is -0.310 e. The van der Waals surface area contributed by atoms with Gasteiger partial charge in [0, 0.05) is 23.5 Å². The number of aryl methyl sites for hydroxylation is 1. The third-order valence-corrected chi connectivity index (χ3v) is 3.96. The zero-order chi connectivity index (χ0) is 15.1. The summed E-state index contributed by atoms with van der Waals surface area (Å²) in [4.78, 5) is 4.43. The molecule has 1 aromatic heterocycles. The van der Waals surface area contributed by atoms with Crippen molar-refractivity contribution < 1.29 is 0 Å². The van der Waals surface area contributed by atoms with Crippen molar-refractivity contribution >= 4 is 15.9 Å². The lowest BCUT2D eigenvalue weighted by atomic mass is 10.0. The number of nitrogens with one attached hydrogen (secondary N) is 1. The fourth-order valence-corrected chi connectivity index (χ4v) is 2.61. The first-order chi connectivity index (χ1) is 10.2. The summed E-state index contributed by atoms with van der Waals surface area (Å²) in [6, 6.07) is 8.79. The Morgan fingerprint density at radius 1 is 1.19 bits per heavy atom. The molecule has 1 atom stereocenters. The van der Waals surface area contributed by atoms with Crippen molar-refractivity contribution in [3.05, 3.63) is 46.5 Å². The van der Waals surface area contributed by atoms with E-state index in [1.807, 2.05) is 4.68 Å². The third kappa shape index (κ3) is 4.64. The minimum absolute atomic E-state index is 0.276. The molecule has 2 rings (SSSR count). The van der Waals surface area contributed by atoms with E-state index in [9.17, 15) is 0 Å². The molecule has 0 saturated heterocycles. The summed E-state index contributed by atoms with van der Waals surface area (Å²) < 4.78 is 3.12. The first kappa shape index (κ1) is 16.2. The Balaban J connectivity index is 2.15. The lowest BCUT2D eigenvalue weighted by Gasteiger charge is -2.19. The molecule has 0 aliphatic rings. The summed E-state index contributed by atoms with van der Waals surface area (Å²) in [6.45, 7) is 6.27. The highest BCUT2D eigenvalue weighted by Crippen LogP contribution is 2.20. The molecule has 0 radical (unpaired) electrons. The van der Waals surface area contributed by atoms with Crippen molar-refractivity contribution in [2.24, 2.45) is 0 Å². The average molecular weight is 351 g/mol. The van der Waals surface area contributed by atoms with Crippen LogP contribution in [0.25, 0.3) is 0 Å². The average Bonchev–Trinajstić information content (AvgIpc) is 2.92. The van der Waals surface area contributed by atoms with E-state index in [0.29, 0.717) is 0 Å². The second-order valence-corrected chi connectivity index (χ2v) is 6.08. The zero-order valence-electron chi connectivity index (χ0n) is 12.7. The quantitative estimate of drug-likeness (QED) is 0.788. The van der Waals surface area contributed by atoms with Crippen LogP contribution >= 0.6 is 15.9 Å². The first-order valence-corrected chi connectivity index (χ1v) is 8.39. The molecule has 1 N–H and O–H groups in total. The van der Waals surface area contributed by atoms with Crippen LogP contribution in [0.4, 0.5) is 0 Å². The summed E-state index contributed by atoms with van der Waals surface area (Å²) in [5.41, 5.74) is 1.29. The van der Waals surface area contributed by atoms with Gasteiger partial charge >= 0.3 is 0 Å². The number of hydrogen-bond donors (Lipinski definition) is 1. The Morgan fingerprint density at radius 3 is 2.62 bits per heavy atom. The molecule has 0 aliphatic carbocycles. The normalized spacial score (nSPS) is 12.5. The topological polar surface area (TPSA) is 42.7 Å². The molecular formula is C16H23BrN4. The predicted octanol–water partition coefficient (Wildman–Crippen LogP) is 3.73. The maximum Gasteiger partial charge on any atom is 0.138 e. The van der Waals surface area contributed by atoms with Gasteiger partial charge in [-0.25, -0.2) is 4.98 Å². The summed E-state index contributed by atoms with van der Waals surface area (Å²) in [5.74, 6) is 1.05. The molecule has 5 heteroatoms. The molecule has 114 valence electrons. The van der Waals surface area contributed by atoms with Crippen molar-refractivity contribution in [1.82, 2.24) is 20.1 Å². The summed E-state index contributed by atoms with van der Waals surface area (Å²) >= 11 is 3.49. The van der Waals surface area contributed by atoms with Crippen LogP contribution in [-0.4, -0.2) is 21.3 Å². The van der Waals surface area contributed by atoms with Crippen molar-refractivity contribution in [3.63, 3.8) is 0 Å². The van der Waals surface area contributed by atoms with Crippen molar-refractivity contribution in [3.8, 4) is 0 Å². The Hall–Kier alpha value is -1.20. The summed E-state index contributed by atoms with van der Waals surface area (Å²) in [5, 5.41) is 7.93. The standard InChI is InChI=1S/C16H23BrN4/c1-3-9-18-15(13-5-7-14(17)8-6-13)11-16-19-12-20-21(16)10-4-2/h5-8,12,15,18H,3-4,9-11H2,1-2H3. The third-order valence-electron chi connectivity index (χ3n) is 3.43. The molecule has 0 saturated carbocycles. The predicted molar refractivity (Wildman–Crippen MR) is 89.2 cm³/mol. The van der Waals surface area contributed by atoms with Crippen LogP contribution < -0.4 is 5.32 Å².